The van der Waals surface area contributed by atoms with E-state index in [1.807, 2.05) is 0 Å². The summed E-state index contributed by atoms with van der Waals surface area (Å²) in [7, 11) is 0. The summed E-state index contributed by atoms with van der Waals surface area (Å²) in [6.07, 6.45) is 4.84. The van der Waals surface area contributed by atoms with Crippen molar-refractivity contribution in [1.29, 1.82) is 0 Å². The van der Waals surface area contributed by atoms with Gasteiger partial charge < -0.3 is 19.9 Å². The smallest absolute Gasteiger partial charge is 0.409 e. The van der Waals surface area contributed by atoms with E-state index in [1.165, 1.54) is 12.8 Å². The van der Waals surface area contributed by atoms with E-state index in [4.69, 9.17) is 4.74 Å². The predicted octanol–water partition coefficient (Wildman–Crippen LogP) is 0.982. The van der Waals surface area contributed by atoms with Crippen LogP contribution in [0.2, 0.25) is 0 Å². The van der Waals surface area contributed by atoms with Gasteiger partial charge in [0.2, 0.25) is 11.8 Å². The highest BCUT2D eigenvalue weighted by Gasteiger charge is 2.50. The highest BCUT2D eigenvalue weighted by molar-refractivity contribution is 5.92. The first-order chi connectivity index (χ1) is 11.6. The fourth-order valence-electron chi connectivity index (χ4n) is 3.69. The number of ether oxygens (including phenoxy) is 1. The molecule has 1 saturated heterocycles. The molecule has 7 heteroatoms. The standard InChI is InChI=1S/C17H27N3O4/c1-2-24-17(23)20-9-7-19(8-10-20)16(22)14-11-13(14)15(21)18-12-5-3-4-6-12/h12-14H,2-11H2,1H3,(H,18,21). The van der Waals surface area contributed by atoms with Crippen LogP contribution in [-0.2, 0) is 14.3 Å². The van der Waals surface area contributed by atoms with Gasteiger partial charge in [-0.3, -0.25) is 9.59 Å². The molecule has 0 aromatic heterocycles. The van der Waals surface area contributed by atoms with Gasteiger partial charge in [0.05, 0.1) is 18.4 Å². The number of carbonyl (C=O) groups excluding carboxylic acids is 3. The van der Waals surface area contributed by atoms with Crippen LogP contribution in [0.4, 0.5) is 4.79 Å². The maximum Gasteiger partial charge on any atom is 0.409 e. The Morgan fingerprint density at radius 2 is 1.62 bits per heavy atom. The van der Waals surface area contributed by atoms with Crippen LogP contribution in [0.15, 0.2) is 0 Å². The molecule has 0 aromatic rings. The van der Waals surface area contributed by atoms with Crippen LogP contribution in [0.1, 0.15) is 39.0 Å². The highest BCUT2D eigenvalue weighted by atomic mass is 16.6. The number of nitrogens with zero attached hydrogens (tertiary/aromatic N) is 2. The SMILES string of the molecule is CCOC(=O)N1CCN(C(=O)C2CC2C(=O)NC2CCCC2)CC1. The first-order valence-corrected chi connectivity index (χ1v) is 9.11. The fourth-order valence-corrected chi connectivity index (χ4v) is 3.69. The molecule has 0 aromatic carbocycles. The van der Waals surface area contributed by atoms with Crippen molar-refractivity contribution >= 4 is 17.9 Å². The minimum absolute atomic E-state index is 0.0467. The maximum atomic E-state index is 12.5. The minimum atomic E-state index is -0.315. The van der Waals surface area contributed by atoms with Crippen LogP contribution in [-0.4, -0.2) is 66.5 Å². The maximum absolute atomic E-state index is 12.5. The summed E-state index contributed by atoms with van der Waals surface area (Å²) in [4.78, 5) is 39.8. The number of hydrogen-bond donors (Lipinski definition) is 1. The van der Waals surface area contributed by atoms with Crippen molar-refractivity contribution in [3.63, 3.8) is 0 Å². The molecule has 3 rings (SSSR count). The van der Waals surface area contributed by atoms with Crippen LogP contribution in [0.3, 0.4) is 0 Å². The molecular formula is C17H27N3O4. The van der Waals surface area contributed by atoms with Crippen LogP contribution in [0.25, 0.3) is 0 Å². The normalized spacial score (nSPS) is 27.0. The Morgan fingerprint density at radius 3 is 2.25 bits per heavy atom. The summed E-state index contributed by atoms with van der Waals surface area (Å²) >= 11 is 0. The van der Waals surface area contributed by atoms with Gasteiger partial charge in [-0.05, 0) is 26.2 Å². The van der Waals surface area contributed by atoms with E-state index >= 15 is 0 Å². The Hall–Kier alpha value is -1.79. The number of nitrogens with one attached hydrogen (secondary N) is 1. The number of rotatable bonds is 4. The zero-order valence-electron chi connectivity index (χ0n) is 14.3. The molecule has 0 bridgehead atoms. The average molecular weight is 337 g/mol. The van der Waals surface area contributed by atoms with E-state index in [0.717, 1.165) is 12.8 Å². The topological polar surface area (TPSA) is 79.0 Å². The van der Waals surface area contributed by atoms with Crippen LogP contribution >= 0.6 is 0 Å². The molecule has 1 N–H and O–H groups in total. The average Bonchev–Trinajstić information content (AvgIpc) is 3.24. The van der Waals surface area contributed by atoms with Gasteiger partial charge in [0, 0.05) is 32.2 Å². The van der Waals surface area contributed by atoms with Crippen LogP contribution in [0.5, 0.6) is 0 Å². The van der Waals surface area contributed by atoms with E-state index in [-0.39, 0.29) is 29.7 Å². The number of amides is 3. The van der Waals surface area contributed by atoms with Gasteiger partial charge in [-0.25, -0.2) is 4.79 Å². The van der Waals surface area contributed by atoms with E-state index < -0.39 is 0 Å². The van der Waals surface area contributed by atoms with E-state index in [2.05, 4.69) is 5.32 Å². The summed E-state index contributed by atoms with van der Waals surface area (Å²) in [6, 6.07) is 0.307. The molecular weight excluding hydrogens is 310 g/mol. The molecule has 7 nitrogen and oxygen atoms in total. The molecule has 24 heavy (non-hydrogen) atoms. The Labute approximate surface area is 142 Å². The Morgan fingerprint density at radius 1 is 1.00 bits per heavy atom. The van der Waals surface area contributed by atoms with E-state index in [0.29, 0.717) is 45.2 Å². The van der Waals surface area contributed by atoms with Crippen molar-refractivity contribution < 1.29 is 19.1 Å². The van der Waals surface area contributed by atoms with Gasteiger partial charge >= 0.3 is 6.09 Å². The van der Waals surface area contributed by atoms with Gasteiger partial charge in [0.25, 0.3) is 0 Å². The lowest BCUT2D eigenvalue weighted by atomic mass is 10.2. The molecule has 2 unspecified atom stereocenters. The summed E-state index contributed by atoms with van der Waals surface area (Å²) < 4.78 is 4.98. The Kier molecular flexibility index (Phi) is 5.26. The first-order valence-electron chi connectivity index (χ1n) is 9.11. The fraction of sp³-hybridized carbons (Fsp3) is 0.824. The van der Waals surface area contributed by atoms with Crippen molar-refractivity contribution in [1.82, 2.24) is 15.1 Å². The van der Waals surface area contributed by atoms with Crippen molar-refractivity contribution in [2.75, 3.05) is 32.8 Å². The van der Waals surface area contributed by atoms with Crippen molar-refractivity contribution in [3.05, 3.63) is 0 Å². The molecule has 3 fully saturated rings. The lowest BCUT2D eigenvalue weighted by Gasteiger charge is -2.34. The van der Waals surface area contributed by atoms with Gasteiger partial charge in [-0.1, -0.05) is 12.8 Å². The third-order valence-corrected chi connectivity index (χ3v) is 5.26. The Bertz CT molecular complexity index is 496. The molecule has 3 aliphatic rings. The molecule has 2 saturated carbocycles. The largest absolute Gasteiger partial charge is 0.450 e. The van der Waals surface area contributed by atoms with Crippen molar-refractivity contribution in [2.24, 2.45) is 11.8 Å². The lowest BCUT2D eigenvalue weighted by molar-refractivity contribution is -0.136. The molecule has 134 valence electrons. The summed E-state index contributed by atoms with van der Waals surface area (Å²) in [5.41, 5.74) is 0. The monoisotopic (exact) mass is 337 g/mol. The zero-order valence-corrected chi connectivity index (χ0v) is 14.3. The second kappa shape index (κ2) is 7.40. The quantitative estimate of drug-likeness (QED) is 0.829. The van der Waals surface area contributed by atoms with Crippen molar-refractivity contribution in [2.45, 2.75) is 45.1 Å². The molecule has 0 radical (unpaired) electrons. The second-order valence-electron chi connectivity index (χ2n) is 6.95. The molecule has 3 amide bonds. The molecule has 2 aliphatic carbocycles. The van der Waals surface area contributed by atoms with Crippen LogP contribution in [0, 0.1) is 11.8 Å². The van der Waals surface area contributed by atoms with Gasteiger partial charge in [0.1, 0.15) is 0 Å². The minimum Gasteiger partial charge on any atom is -0.450 e. The summed E-state index contributed by atoms with van der Waals surface area (Å²) in [6.45, 7) is 4.17. The van der Waals surface area contributed by atoms with Crippen molar-refractivity contribution in [3.8, 4) is 0 Å². The molecule has 0 spiro atoms. The van der Waals surface area contributed by atoms with Crippen LogP contribution < -0.4 is 5.32 Å². The number of carbonyl (C=O) groups is 3. The highest BCUT2D eigenvalue weighted by Crippen LogP contribution is 2.40. The summed E-state index contributed by atoms with van der Waals surface area (Å²) in [5, 5.41) is 3.09. The van der Waals surface area contributed by atoms with Gasteiger partial charge in [-0.2, -0.15) is 0 Å². The first kappa shape index (κ1) is 17.0. The zero-order chi connectivity index (χ0) is 17.1. The molecule has 2 atom stereocenters. The summed E-state index contributed by atoms with van der Waals surface area (Å²) in [5.74, 6) is -0.211. The number of piperazine rings is 1. The second-order valence-corrected chi connectivity index (χ2v) is 6.95. The third-order valence-electron chi connectivity index (χ3n) is 5.26. The van der Waals surface area contributed by atoms with Gasteiger partial charge in [0.15, 0.2) is 0 Å². The molecule has 1 heterocycles. The Balaban J connectivity index is 1.42. The third kappa shape index (κ3) is 3.82. The van der Waals surface area contributed by atoms with E-state index in [9.17, 15) is 14.4 Å². The van der Waals surface area contributed by atoms with E-state index in [1.54, 1.807) is 16.7 Å². The number of hydrogen-bond acceptors (Lipinski definition) is 4. The predicted molar refractivity (Wildman–Crippen MR) is 87.2 cm³/mol. The lowest BCUT2D eigenvalue weighted by Crippen LogP contribution is -2.51. The molecule has 1 aliphatic heterocycles. The van der Waals surface area contributed by atoms with Gasteiger partial charge in [-0.15, -0.1) is 0 Å².